The predicted molar refractivity (Wildman–Crippen MR) is 139 cm³/mol. The highest BCUT2D eigenvalue weighted by atomic mass is 127. The second kappa shape index (κ2) is 8.55. The van der Waals surface area contributed by atoms with Crippen molar-refractivity contribution >= 4 is 57.0 Å². The Bertz CT molecular complexity index is 1340. The number of rotatable bonds is 8. The van der Waals surface area contributed by atoms with Gasteiger partial charge in [0, 0.05) is 34.9 Å². The normalized spacial score (nSPS) is 20.4. The summed E-state index contributed by atoms with van der Waals surface area (Å²) in [6, 6.07) is 3.87. The fourth-order valence-electron chi connectivity index (χ4n) is 5.33. The van der Waals surface area contributed by atoms with Crippen molar-refractivity contribution in [3.05, 3.63) is 39.8 Å². The van der Waals surface area contributed by atoms with Gasteiger partial charge in [-0.25, -0.2) is 4.79 Å². The van der Waals surface area contributed by atoms with Gasteiger partial charge in [-0.2, -0.15) is 5.10 Å². The SMILES string of the molecule is COC(=O)c1c(CCCOC(C)=O)c2ccc(Cl)c(-c3c(C)nn(C45CC4C5)c3CI)c2n1C. The van der Waals surface area contributed by atoms with E-state index in [1.807, 2.05) is 30.7 Å². The number of carbonyl (C=O) groups excluding carboxylic acids is 2. The van der Waals surface area contributed by atoms with Gasteiger partial charge in [0.2, 0.25) is 0 Å². The third-order valence-electron chi connectivity index (χ3n) is 7.26. The first kappa shape index (κ1) is 23.7. The van der Waals surface area contributed by atoms with Gasteiger partial charge >= 0.3 is 11.9 Å². The molecule has 0 spiro atoms. The predicted octanol–water partition coefficient (Wildman–Crippen LogP) is 5.34. The van der Waals surface area contributed by atoms with Crippen molar-refractivity contribution in [2.75, 3.05) is 13.7 Å². The van der Waals surface area contributed by atoms with E-state index in [2.05, 4.69) is 27.3 Å². The molecule has 5 rings (SSSR count). The minimum atomic E-state index is -0.400. The molecule has 34 heavy (non-hydrogen) atoms. The summed E-state index contributed by atoms with van der Waals surface area (Å²) in [6.45, 7) is 3.72. The maximum Gasteiger partial charge on any atom is 0.354 e. The van der Waals surface area contributed by atoms with E-state index in [-0.39, 0.29) is 11.5 Å². The van der Waals surface area contributed by atoms with Gasteiger partial charge in [-0.05, 0) is 50.2 Å². The number of ether oxygens (including phenoxy) is 2. The van der Waals surface area contributed by atoms with Crippen molar-refractivity contribution in [2.45, 2.75) is 49.5 Å². The van der Waals surface area contributed by atoms with Crippen LogP contribution < -0.4 is 0 Å². The van der Waals surface area contributed by atoms with Crippen molar-refractivity contribution in [3.63, 3.8) is 0 Å². The third-order valence-corrected chi connectivity index (χ3v) is 8.30. The number of carbonyl (C=O) groups is 2. The van der Waals surface area contributed by atoms with Crippen LogP contribution in [-0.2, 0) is 37.7 Å². The standard InChI is InChI=1S/C25H27ClIN3O4/c1-13-20(19(12-27)30(28-13)25-10-15(25)11-25)21-18(26)8-7-17-16(6-5-9-34-14(2)31)23(24(32)33-4)29(3)22(17)21/h7-8,15H,5-6,9-12H2,1-4H3. The van der Waals surface area contributed by atoms with Crippen molar-refractivity contribution in [2.24, 2.45) is 13.0 Å². The van der Waals surface area contributed by atoms with Crippen molar-refractivity contribution in [3.8, 4) is 11.1 Å². The molecule has 3 aromatic rings. The zero-order valence-electron chi connectivity index (χ0n) is 19.7. The summed E-state index contributed by atoms with van der Waals surface area (Å²) in [6.07, 6.45) is 3.58. The Balaban J connectivity index is 1.70. The summed E-state index contributed by atoms with van der Waals surface area (Å²) in [5.41, 5.74) is 6.58. The lowest BCUT2D eigenvalue weighted by Gasteiger charge is -2.13. The van der Waals surface area contributed by atoms with Crippen LogP contribution in [0.4, 0.5) is 0 Å². The fraction of sp³-hybridized carbons (Fsp3) is 0.480. The molecule has 0 aliphatic heterocycles. The summed E-state index contributed by atoms with van der Waals surface area (Å²) in [7, 11) is 3.27. The summed E-state index contributed by atoms with van der Waals surface area (Å²) in [4.78, 5) is 24.0. The van der Waals surface area contributed by atoms with Crippen LogP contribution in [0.5, 0.6) is 0 Å². The van der Waals surface area contributed by atoms with Gasteiger partial charge in [0.1, 0.15) is 5.69 Å². The number of fused-ring (bicyclic) bond motifs is 2. The highest BCUT2D eigenvalue weighted by Gasteiger charge is 2.72. The number of halogens is 2. The van der Waals surface area contributed by atoms with Crippen LogP contribution in [0.25, 0.3) is 22.0 Å². The molecule has 180 valence electrons. The monoisotopic (exact) mass is 595 g/mol. The minimum Gasteiger partial charge on any atom is -0.466 e. The van der Waals surface area contributed by atoms with Gasteiger partial charge in [0.15, 0.2) is 0 Å². The highest BCUT2D eigenvalue weighted by Crippen LogP contribution is 2.73. The van der Waals surface area contributed by atoms with Gasteiger partial charge in [-0.15, -0.1) is 0 Å². The molecule has 0 bridgehead atoms. The Morgan fingerprint density at radius 3 is 2.59 bits per heavy atom. The number of esters is 2. The van der Waals surface area contributed by atoms with Crippen LogP contribution in [-0.4, -0.2) is 40.0 Å². The Morgan fingerprint density at radius 2 is 2.00 bits per heavy atom. The molecule has 1 aromatic carbocycles. The molecular formula is C25H27ClIN3O4. The molecule has 2 fully saturated rings. The molecule has 2 saturated carbocycles. The maximum absolute atomic E-state index is 12.9. The summed E-state index contributed by atoms with van der Waals surface area (Å²) in [5.74, 6) is 0.0481. The van der Waals surface area contributed by atoms with E-state index < -0.39 is 5.97 Å². The van der Waals surface area contributed by atoms with Crippen LogP contribution in [0.2, 0.25) is 5.02 Å². The largest absolute Gasteiger partial charge is 0.466 e. The van der Waals surface area contributed by atoms with E-state index in [0.717, 1.165) is 43.6 Å². The number of benzene rings is 1. The number of hydrogen-bond donors (Lipinski definition) is 0. The number of nitrogens with zero attached hydrogens (tertiary/aromatic N) is 3. The molecule has 0 unspecified atom stereocenters. The average Bonchev–Trinajstić information content (AvgIpc) is 3.62. The molecule has 2 heterocycles. The lowest BCUT2D eigenvalue weighted by molar-refractivity contribution is -0.141. The first-order valence-corrected chi connectivity index (χ1v) is 13.3. The van der Waals surface area contributed by atoms with E-state index in [9.17, 15) is 9.59 Å². The van der Waals surface area contributed by atoms with E-state index in [4.69, 9.17) is 26.2 Å². The number of aromatic nitrogens is 3. The molecule has 0 saturated heterocycles. The molecule has 0 radical (unpaired) electrons. The molecule has 9 heteroatoms. The first-order chi connectivity index (χ1) is 16.2. The zero-order valence-corrected chi connectivity index (χ0v) is 22.6. The number of aryl methyl sites for hydroxylation is 3. The smallest absolute Gasteiger partial charge is 0.354 e. The van der Waals surface area contributed by atoms with Crippen molar-refractivity contribution in [1.82, 2.24) is 14.3 Å². The van der Waals surface area contributed by atoms with Crippen LogP contribution >= 0.6 is 34.2 Å². The minimum absolute atomic E-state index is 0.219. The Labute approximate surface area is 216 Å². The first-order valence-electron chi connectivity index (χ1n) is 11.4. The third kappa shape index (κ3) is 3.56. The summed E-state index contributed by atoms with van der Waals surface area (Å²) < 4.78 is 15.2. The summed E-state index contributed by atoms with van der Waals surface area (Å²) >= 11 is 9.28. The molecular weight excluding hydrogens is 569 g/mol. The molecule has 7 nitrogen and oxygen atoms in total. The van der Waals surface area contributed by atoms with Gasteiger partial charge in [-0.1, -0.05) is 40.3 Å². The van der Waals surface area contributed by atoms with Crippen LogP contribution in [0.1, 0.15) is 53.6 Å². The second-order valence-electron chi connectivity index (χ2n) is 9.30. The van der Waals surface area contributed by atoms with E-state index in [1.54, 1.807) is 0 Å². The van der Waals surface area contributed by atoms with Gasteiger partial charge in [0.25, 0.3) is 0 Å². The second-order valence-corrected chi connectivity index (χ2v) is 10.5. The molecule has 2 aliphatic carbocycles. The lowest BCUT2D eigenvalue weighted by atomic mass is 9.98. The average molecular weight is 596 g/mol. The topological polar surface area (TPSA) is 75.4 Å². The Kier molecular flexibility index (Phi) is 5.95. The van der Waals surface area contributed by atoms with Crippen LogP contribution in [0.3, 0.4) is 0 Å². The number of alkyl halides is 1. The van der Waals surface area contributed by atoms with Crippen LogP contribution in [0, 0.1) is 12.8 Å². The van der Waals surface area contributed by atoms with E-state index in [0.29, 0.717) is 30.2 Å². The molecule has 0 amide bonds. The number of hydrogen-bond acceptors (Lipinski definition) is 5. The zero-order chi connectivity index (χ0) is 24.4. The summed E-state index contributed by atoms with van der Waals surface area (Å²) in [5, 5.41) is 6.55. The molecule has 2 aromatic heterocycles. The quantitative estimate of drug-likeness (QED) is 0.152. The number of methoxy groups -OCH3 is 1. The van der Waals surface area contributed by atoms with Crippen molar-refractivity contribution < 1.29 is 19.1 Å². The van der Waals surface area contributed by atoms with E-state index in [1.165, 1.54) is 32.6 Å². The Hall–Kier alpha value is -2.07. The van der Waals surface area contributed by atoms with Gasteiger partial charge in [0.05, 0.1) is 41.2 Å². The lowest BCUT2D eigenvalue weighted by Crippen LogP contribution is -2.12. The van der Waals surface area contributed by atoms with E-state index >= 15 is 0 Å². The van der Waals surface area contributed by atoms with Gasteiger partial charge in [-0.3, -0.25) is 9.48 Å². The van der Waals surface area contributed by atoms with Crippen LogP contribution in [0.15, 0.2) is 12.1 Å². The Morgan fingerprint density at radius 1 is 1.29 bits per heavy atom. The highest BCUT2D eigenvalue weighted by molar-refractivity contribution is 14.1. The maximum atomic E-state index is 12.9. The fourth-order valence-corrected chi connectivity index (χ4v) is 6.28. The van der Waals surface area contributed by atoms with Gasteiger partial charge < -0.3 is 14.0 Å². The molecule has 2 aliphatic rings. The van der Waals surface area contributed by atoms with Crippen molar-refractivity contribution in [1.29, 1.82) is 0 Å². The molecule has 0 N–H and O–H groups in total. The molecule has 0 atom stereocenters.